The molecule has 12 heteroatoms. The first-order valence-corrected chi connectivity index (χ1v) is 13.9. The summed E-state index contributed by atoms with van der Waals surface area (Å²) in [4.78, 5) is 47.6. The number of nitrogens with two attached hydrogens (primary N) is 2. The molecular weight excluding hydrogens is 532 g/mol. The molecule has 220 valence electrons. The molecule has 0 radical (unpaired) electrons. The number of nitrogens with zero attached hydrogens (tertiary/aromatic N) is 5. The number of likely N-dealkylation sites (tertiary alicyclic amines) is 1. The number of piperidine rings is 1. The third-order valence-corrected chi connectivity index (χ3v) is 7.68. The highest BCUT2D eigenvalue weighted by molar-refractivity contribution is 5.89. The number of anilines is 1. The van der Waals surface area contributed by atoms with Gasteiger partial charge in [0.25, 0.3) is 0 Å². The van der Waals surface area contributed by atoms with E-state index < -0.39 is 11.2 Å². The molecule has 2 aromatic rings. The molecule has 2 atom stereocenters. The van der Waals surface area contributed by atoms with Gasteiger partial charge in [-0.15, -0.1) is 12.4 Å². The zero-order valence-electron chi connectivity index (χ0n) is 23.7. The summed E-state index contributed by atoms with van der Waals surface area (Å²) in [5.41, 5.74) is 12.7. The Balaban J connectivity index is 0.00000441. The van der Waals surface area contributed by atoms with E-state index in [4.69, 9.17) is 11.5 Å². The second kappa shape index (κ2) is 13.6. The van der Waals surface area contributed by atoms with Gasteiger partial charge in [-0.05, 0) is 69.3 Å². The van der Waals surface area contributed by atoms with E-state index in [-0.39, 0.29) is 36.2 Å². The summed E-state index contributed by atoms with van der Waals surface area (Å²) < 4.78 is 1.45. The van der Waals surface area contributed by atoms with Crippen LogP contribution in [0.15, 0.2) is 41.3 Å². The lowest BCUT2D eigenvalue weighted by molar-refractivity contribution is -0.137. The topological polar surface area (TPSA) is 143 Å². The number of hydrogen-bond acceptors (Lipinski definition) is 7. The number of aromatic nitrogens is 2. The van der Waals surface area contributed by atoms with Crippen LogP contribution in [0, 0.1) is 5.92 Å². The first-order valence-electron chi connectivity index (χ1n) is 13.9. The normalized spacial score (nSPS) is 19.1. The fourth-order valence-corrected chi connectivity index (χ4v) is 5.32. The fourth-order valence-electron chi connectivity index (χ4n) is 5.32. The summed E-state index contributed by atoms with van der Waals surface area (Å²) in [5.74, 6) is 0.589. The van der Waals surface area contributed by atoms with Crippen molar-refractivity contribution in [3.63, 3.8) is 0 Å². The van der Waals surface area contributed by atoms with Crippen LogP contribution in [-0.2, 0) is 11.3 Å². The molecule has 0 bridgehead atoms. The van der Waals surface area contributed by atoms with Crippen molar-refractivity contribution in [2.75, 3.05) is 44.6 Å². The molecule has 1 aromatic carbocycles. The Labute approximate surface area is 242 Å². The molecule has 0 aliphatic carbocycles. The first-order chi connectivity index (χ1) is 18.5. The minimum absolute atomic E-state index is 0. The number of benzene rings is 1. The quantitative estimate of drug-likeness (QED) is 0.459. The van der Waals surface area contributed by atoms with E-state index in [0.717, 1.165) is 26.1 Å². The number of carbonyl (C=O) groups excluding carboxylic acids is 2. The van der Waals surface area contributed by atoms with E-state index in [1.54, 1.807) is 35.9 Å². The van der Waals surface area contributed by atoms with Gasteiger partial charge >= 0.3 is 11.7 Å². The molecular formula is C28H43ClN8O3. The fraction of sp³-hybridized carbons (Fsp3) is 0.571. The maximum Gasteiger partial charge on any atom is 0.354 e. The van der Waals surface area contributed by atoms with Crippen LogP contribution in [0.4, 0.5) is 10.6 Å². The van der Waals surface area contributed by atoms with Gasteiger partial charge in [0.05, 0.1) is 11.2 Å². The van der Waals surface area contributed by atoms with Gasteiger partial charge in [0.1, 0.15) is 5.82 Å². The maximum atomic E-state index is 12.8. The van der Waals surface area contributed by atoms with Crippen LogP contribution < -0.4 is 22.5 Å². The highest BCUT2D eigenvalue weighted by Crippen LogP contribution is 2.22. The lowest BCUT2D eigenvalue weighted by atomic mass is 9.89. The summed E-state index contributed by atoms with van der Waals surface area (Å²) in [7, 11) is 0. The predicted molar refractivity (Wildman–Crippen MR) is 159 cm³/mol. The number of carbonyl (C=O) groups is 2. The van der Waals surface area contributed by atoms with E-state index in [1.165, 1.54) is 23.0 Å². The molecule has 2 saturated heterocycles. The Kier molecular flexibility index (Phi) is 10.7. The third-order valence-electron chi connectivity index (χ3n) is 7.68. The average molecular weight is 575 g/mol. The van der Waals surface area contributed by atoms with Gasteiger partial charge in [-0.3, -0.25) is 19.6 Å². The van der Waals surface area contributed by atoms with Crippen molar-refractivity contribution in [1.82, 2.24) is 24.3 Å². The smallest absolute Gasteiger partial charge is 0.338 e. The molecule has 2 fully saturated rings. The summed E-state index contributed by atoms with van der Waals surface area (Å²) in [5, 5.41) is 2.70. The molecule has 4 rings (SSSR count). The van der Waals surface area contributed by atoms with E-state index in [1.807, 2.05) is 24.3 Å². The van der Waals surface area contributed by atoms with Gasteiger partial charge in [0, 0.05) is 51.5 Å². The molecule has 2 unspecified atom stereocenters. The van der Waals surface area contributed by atoms with Crippen LogP contribution in [0.2, 0.25) is 0 Å². The van der Waals surface area contributed by atoms with Gasteiger partial charge in [0.15, 0.2) is 0 Å². The van der Waals surface area contributed by atoms with Crippen molar-refractivity contribution in [3.05, 3.63) is 52.6 Å². The van der Waals surface area contributed by atoms with Crippen LogP contribution >= 0.6 is 12.4 Å². The molecule has 0 saturated carbocycles. The number of nitrogens with one attached hydrogen (secondary N) is 1. The highest BCUT2D eigenvalue weighted by atomic mass is 35.5. The van der Waals surface area contributed by atoms with Crippen LogP contribution in [0.1, 0.15) is 45.6 Å². The Hall–Kier alpha value is -2.99. The van der Waals surface area contributed by atoms with Crippen molar-refractivity contribution in [2.24, 2.45) is 17.4 Å². The van der Waals surface area contributed by atoms with E-state index >= 15 is 0 Å². The number of hydrogen-bond donors (Lipinski definition) is 3. The van der Waals surface area contributed by atoms with Gasteiger partial charge in [-0.1, -0.05) is 19.1 Å². The molecule has 2 aliphatic rings. The van der Waals surface area contributed by atoms with Gasteiger partial charge in [-0.25, -0.2) is 9.59 Å². The van der Waals surface area contributed by atoms with Crippen molar-refractivity contribution < 1.29 is 9.59 Å². The van der Waals surface area contributed by atoms with Crippen molar-refractivity contribution in [3.8, 4) is 5.69 Å². The van der Waals surface area contributed by atoms with E-state index in [2.05, 4.69) is 22.1 Å². The first kappa shape index (κ1) is 31.5. The zero-order chi connectivity index (χ0) is 28.2. The number of piperazine rings is 1. The zero-order valence-corrected chi connectivity index (χ0v) is 24.5. The number of rotatable bonds is 7. The molecule has 11 nitrogen and oxygen atoms in total. The van der Waals surface area contributed by atoms with Crippen LogP contribution in [0.3, 0.4) is 0 Å². The number of amides is 3. The van der Waals surface area contributed by atoms with Gasteiger partial charge < -0.3 is 21.3 Å². The minimum atomic E-state index is -0.946. The Bertz CT molecular complexity index is 1210. The molecule has 1 aromatic heterocycles. The van der Waals surface area contributed by atoms with Gasteiger partial charge in [-0.2, -0.15) is 4.98 Å². The SMILES string of the molecule is CCC(N)C1CCCN(Cc2ccc(-n3ccc(NC(=O)N4CCN(C(=O)C(C)(C)N)CC4)nc3=O)cc2)C1.Cl. The molecule has 40 heavy (non-hydrogen) atoms. The van der Waals surface area contributed by atoms with Crippen molar-refractivity contribution >= 4 is 30.2 Å². The lowest BCUT2D eigenvalue weighted by Crippen LogP contribution is -2.58. The minimum Gasteiger partial charge on any atom is -0.338 e. The highest BCUT2D eigenvalue weighted by Gasteiger charge is 2.31. The summed E-state index contributed by atoms with van der Waals surface area (Å²) in [6.45, 7) is 10.0. The number of halogens is 1. The van der Waals surface area contributed by atoms with Crippen molar-refractivity contribution in [1.29, 1.82) is 0 Å². The van der Waals surface area contributed by atoms with E-state index in [9.17, 15) is 14.4 Å². The second-order valence-corrected chi connectivity index (χ2v) is 11.3. The maximum absolute atomic E-state index is 12.8. The van der Waals surface area contributed by atoms with Crippen LogP contribution in [-0.4, -0.2) is 87.0 Å². The Morgan fingerprint density at radius 3 is 2.33 bits per heavy atom. The van der Waals surface area contributed by atoms with Crippen LogP contribution in [0.5, 0.6) is 0 Å². The second-order valence-electron chi connectivity index (χ2n) is 11.3. The molecule has 2 aliphatic heterocycles. The molecule has 5 N–H and O–H groups in total. The summed E-state index contributed by atoms with van der Waals surface area (Å²) in [6.07, 6.45) is 4.98. The molecule has 3 heterocycles. The monoisotopic (exact) mass is 574 g/mol. The Morgan fingerprint density at radius 2 is 1.73 bits per heavy atom. The summed E-state index contributed by atoms with van der Waals surface area (Å²) >= 11 is 0. The van der Waals surface area contributed by atoms with Gasteiger partial charge in [0.2, 0.25) is 5.91 Å². The standard InChI is InChI=1S/C28H42N8O3.ClH/c1-4-23(29)21-6-5-12-33(19-21)18-20-7-9-22(10-8-20)36-13-11-24(32-27(36)39)31-26(38)35-16-14-34(15-17-35)25(37)28(2,3)30;/h7-11,13,21,23H,4-6,12,14-19,29-30H2,1-3H3,(H,31,32,38,39);1H. The predicted octanol–water partition coefficient (Wildman–Crippen LogP) is 2.02. The summed E-state index contributed by atoms with van der Waals surface area (Å²) in [6, 6.07) is 9.41. The van der Waals surface area contributed by atoms with Crippen molar-refractivity contribution in [2.45, 2.75) is 58.2 Å². The largest absolute Gasteiger partial charge is 0.354 e. The third kappa shape index (κ3) is 7.81. The average Bonchev–Trinajstić information content (AvgIpc) is 2.92. The van der Waals surface area contributed by atoms with E-state index in [0.29, 0.717) is 37.8 Å². The lowest BCUT2D eigenvalue weighted by Gasteiger charge is -2.37. The van der Waals surface area contributed by atoms with Crippen LogP contribution in [0.25, 0.3) is 5.69 Å². The Morgan fingerprint density at radius 1 is 1.07 bits per heavy atom. The molecule has 3 amide bonds. The number of urea groups is 1. The molecule has 0 spiro atoms.